The van der Waals surface area contributed by atoms with E-state index in [1.165, 1.54) is 0 Å². The van der Waals surface area contributed by atoms with Crippen molar-refractivity contribution in [2.45, 2.75) is 52.7 Å². The van der Waals surface area contributed by atoms with E-state index in [4.69, 9.17) is 4.42 Å². The third-order valence-corrected chi connectivity index (χ3v) is 3.65. The van der Waals surface area contributed by atoms with Crippen LogP contribution in [0.2, 0.25) is 0 Å². The van der Waals surface area contributed by atoms with E-state index < -0.39 is 0 Å². The van der Waals surface area contributed by atoms with Crippen LogP contribution in [0.3, 0.4) is 0 Å². The maximum absolute atomic E-state index is 5.62. The summed E-state index contributed by atoms with van der Waals surface area (Å²) in [6.07, 6.45) is 1.77. The Hall–Kier alpha value is -1.07. The first-order valence-corrected chi connectivity index (χ1v) is 7.53. The Balaban J connectivity index is 1.87. The number of aromatic nitrogens is 1. The van der Waals surface area contributed by atoms with Gasteiger partial charge in [0, 0.05) is 44.3 Å². The predicted molar refractivity (Wildman–Crippen MR) is 82.0 cm³/mol. The normalized spacial score (nSPS) is 18.0. The van der Waals surface area contributed by atoms with E-state index in [1.807, 2.05) is 0 Å². The number of hydrogen-bond acceptors (Lipinski definition) is 5. The number of piperazine rings is 1. The minimum atomic E-state index is 0.0992. The van der Waals surface area contributed by atoms with Crippen molar-refractivity contribution in [3.8, 4) is 0 Å². The Morgan fingerprint density at radius 3 is 2.45 bits per heavy atom. The van der Waals surface area contributed by atoms with Gasteiger partial charge in [0.25, 0.3) is 6.01 Å². The molecule has 0 saturated carbocycles. The molecule has 1 fully saturated rings. The van der Waals surface area contributed by atoms with Crippen LogP contribution in [0.15, 0.2) is 10.7 Å². The van der Waals surface area contributed by atoms with Crippen LogP contribution in [-0.4, -0.2) is 47.6 Å². The predicted octanol–water partition coefficient (Wildman–Crippen LogP) is 2.09. The number of oxazole rings is 1. The van der Waals surface area contributed by atoms with E-state index in [9.17, 15) is 0 Å². The molecule has 0 atom stereocenters. The third-order valence-electron chi connectivity index (χ3n) is 3.65. The summed E-state index contributed by atoms with van der Waals surface area (Å²) in [5, 5.41) is 3.43. The smallest absolute Gasteiger partial charge is 0.297 e. The summed E-state index contributed by atoms with van der Waals surface area (Å²) in [7, 11) is 0. The zero-order valence-corrected chi connectivity index (χ0v) is 13.4. The Morgan fingerprint density at radius 2 is 1.90 bits per heavy atom. The molecule has 1 aromatic rings. The van der Waals surface area contributed by atoms with E-state index in [-0.39, 0.29) is 5.54 Å². The topological polar surface area (TPSA) is 44.5 Å². The lowest BCUT2D eigenvalue weighted by atomic mass is 10.1. The molecule has 0 unspecified atom stereocenters. The second kappa shape index (κ2) is 6.14. The molecule has 114 valence electrons. The number of nitrogens with zero attached hydrogens (tertiary/aromatic N) is 3. The molecule has 0 bridgehead atoms. The van der Waals surface area contributed by atoms with Crippen LogP contribution in [0, 0.1) is 0 Å². The zero-order valence-electron chi connectivity index (χ0n) is 13.4. The van der Waals surface area contributed by atoms with Gasteiger partial charge in [-0.3, -0.25) is 4.90 Å². The van der Waals surface area contributed by atoms with E-state index in [0.717, 1.165) is 44.4 Å². The first kappa shape index (κ1) is 15.3. The number of anilines is 1. The summed E-state index contributed by atoms with van der Waals surface area (Å²) in [5.41, 5.74) is 1.07. The molecular formula is C15H28N4O. The van der Waals surface area contributed by atoms with Gasteiger partial charge in [0.1, 0.15) is 6.26 Å². The average Bonchev–Trinajstić information content (AvgIpc) is 2.84. The Bertz CT molecular complexity index is 414. The summed E-state index contributed by atoms with van der Waals surface area (Å²) in [4.78, 5) is 9.31. The van der Waals surface area contributed by atoms with Gasteiger partial charge >= 0.3 is 0 Å². The number of hydrogen-bond donors (Lipinski definition) is 1. The van der Waals surface area contributed by atoms with Crippen LogP contribution in [0.4, 0.5) is 6.01 Å². The van der Waals surface area contributed by atoms with Crippen molar-refractivity contribution in [2.75, 3.05) is 31.1 Å². The van der Waals surface area contributed by atoms with Crippen LogP contribution in [-0.2, 0) is 6.54 Å². The largest absolute Gasteiger partial charge is 0.432 e. The monoisotopic (exact) mass is 280 g/mol. The van der Waals surface area contributed by atoms with Crippen LogP contribution in [0.5, 0.6) is 0 Å². The molecule has 2 rings (SSSR count). The van der Waals surface area contributed by atoms with Gasteiger partial charge in [0.15, 0.2) is 0 Å². The van der Waals surface area contributed by atoms with Crippen LogP contribution in [0.25, 0.3) is 0 Å². The number of rotatable bonds is 4. The second-order valence-electron chi connectivity index (χ2n) is 6.84. The number of nitrogens with one attached hydrogen (secondary N) is 1. The molecular weight excluding hydrogens is 252 g/mol. The molecule has 1 N–H and O–H groups in total. The molecule has 1 saturated heterocycles. The van der Waals surface area contributed by atoms with E-state index in [2.05, 4.69) is 54.7 Å². The van der Waals surface area contributed by atoms with Crippen molar-refractivity contribution in [3.63, 3.8) is 0 Å². The van der Waals surface area contributed by atoms with Gasteiger partial charge in [0.05, 0.1) is 5.69 Å². The molecule has 5 nitrogen and oxygen atoms in total. The maximum Gasteiger partial charge on any atom is 0.297 e. The Labute approximate surface area is 122 Å². The van der Waals surface area contributed by atoms with Gasteiger partial charge in [-0.2, -0.15) is 4.98 Å². The van der Waals surface area contributed by atoms with Gasteiger partial charge < -0.3 is 14.6 Å². The van der Waals surface area contributed by atoms with Crippen LogP contribution >= 0.6 is 0 Å². The fourth-order valence-electron chi connectivity index (χ4n) is 2.31. The first-order chi connectivity index (χ1) is 9.35. The first-order valence-electron chi connectivity index (χ1n) is 7.53. The summed E-state index contributed by atoms with van der Waals surface area (Å²) in [6, 6.07) is 1.38. The lowest BCUT2D eigenvalue weighted by Gasteiger charge is -2.36. The SMILES string of the molecule is CC(C)N1CCN(c2nc(CNC(C)(C)C)co2)CC1. The van der Waals surface area contributed by atoms with Gasteiger partial charge in [-0.05, 0) is 34.6 Å². The molecule has 0 aromatic carbocycles. The lowest BCUT2D eigenvalue weighted by Crippen LogP contribution is -2.49. The summed E-state index contributed by atoms with van der Waals surface area (Å²) < 4.78 is 5.62. The second-order valence-corrected chi connectivity index (χ2v) is 6.84. The van der Waals surface area contributed by atoms with E-state index >= 15 is 0 Å². The standard InChI is InChI=1S/C15H28N4O/c1-12(2)18-6-8-19(9-7-18)14-17-13(11-20-14)10-16-15(3,4)5/h11-12,16H,6-10H2,1-5H3. The highest BCUT2D eigenvalue weighted by atomic mass is 16.4. The van der Waals surface area contributed by atoms with Crippen molar-refractivity contribution >= 4 is 6.01 Å². The summed E-state index contributed by atoms with van der Waals surface area (Å²) >= 11 is 0. The van der Waals surface area contributed by atoms with E-state index in [0.29, 0.717) is 6.04 Å². The molecule has 0 spiro atoms. The highest BCUT2D eigenvalue weighted by Crippen LogP contribution is 2.17. The average molecular weight is 280 g/mol. The molecule has 1 aliphatic heterocycles. The fourth-order valence-corrected chi connectivity index (χ4v) is 2.31. The lowest BCUT2D eigenvalue weighted by molar-refractivity contribution is 0.206. The molecule has 1 aliphatic rings. The zero-order chi connectivity index (χ0) is 14.8. The van der Waals surface area contributed by atoms with E-state index in [1.54, 1.807) is 6.26 Å². The fraction of sp³-hybridized carbons (Fsp3) is 0.800. The molecule has 5 heteroatoms. The molecule has 0 amide bonds. The van der Waals surface area contributed by atoms with Crippen LogP contribution in [0.1, 0.15) is 40.3 Å². The van der Waals surface area contributed by atoms with Crippen molar-refractivity contribution in [2.24, 2.45) is 0 Å². The molecule has 1 aromatic heterocycles. The summed E-state index contributed by atoms with van der Waals surface area (Å²) in [5.74, 6) is 0. The van der Waals surface area contributed by atoms with Crippen LogP contribution < -0.4 is 10.2 Å². The Morgan fingerprint density at radius 1 is 1.25 bits per heavy atom. The van der Waals surface area contributed by atoms with Gasteiger partial charge in [0.2, 0.25) is 0 Å². The minimum absolute atomic E-state index is 0.0992. The molecule has 0 radical (unpaired) electrons. The van der Waals surface area contributed by atoms with Gasteiger partial charge in [-0.25, -0.2) is 0 Å². The molecule has 0 aliphatic carbocycles. The molecule has 2 heterocycles. The van der Waals surface area contributed by atoms with Crippen molar-refractivity contribution in [3.05, 3.63) is 12.0 Å². The highest BCUT2D eigenvalue weighted by Gasteiger charge is 2.22. The van der Waals surface area contributed by atoms with Crippen molar-refractivity contribution in [1.29, 1.82) is 0 Å². The highest BCUT2D eigenvalue weighted by molar-refractivity contribution is 5.28. The molecule has 20 heavy (non-hydrogen) atoms. The minimum Gasteiger partial charge on any atom is -0.432 e. The Kier molecular flexibility index (Phi) is 4.70. The van der Waals surface area contributed by atoms with Crippen molar-refractivity contribution in [1.82, 2.24) is 15.2 Å². The third kappa shape index (κ3) is 4.21. The van der Waals surface area contributed by atoms with Gasteiger partial charge in [-0.1, -0.05) is 0 Å². The quantitative estimate of drug-likeness (QED) is 0.915. The summed E-state index contributed by atoms with van der Waals surface area (Å²) in [6.45, 7) is 15.8. The van der Waals surface area contributed by atoms with Crippen molar-refractivity contribution < 1.29 is 4.42 Å². The maximum atomic E-state index is 5.62. The van der Waals surface area contributed by atoms with Gasteiger partial charge in [-0.15, -0.1) is 0 Å².